The van der Waals surface area contributed by atoms with Crippen molar-refractivity contribution in [2.24, 2.45) is 5.73 Å². The van der Waals surface area contributed by atoms with Gasteiger partial charge in [0, 0.05) is 140 Å². The molecule has 0 bridgehead atoms. The van der Waals surface area contributed by atoms with E-state index in [-0.39, 0.29) is 103 Å². The van der Waals surface area contributed by atoms with Gasteiger partial charge in [-0.05, 0) is 92.8 Å². The van der Waals surface area contributed by atoms with Crippen LogP contribution < -0.4 is 48.6 Å². The molecule has 7 aromatic rings. The molecule has 11 rings (SSSR count). The highest BCUT2D eigenvalue weighted by molar-refractivity contribution is 8.00. The van der Waals surface area contributed by atoms with Gasteiger partial charge >= 0.3 is 17.8 Å². The maximum Gasteiger partial charge on any atom is 0.329 e. The molecule has 0 spiro atoms. The number of amides is 7. The smallest absolute Gasteiger partial charge is 0.329 e. The molecule has 0 unspecified atom stereocenters. The zero-order chi connectivity index (χ0) is 63.9. The number of sulfonamides is 1. The first-order chi connectivity index (χ1) is 43.9. The predicted octanol–water partition coefficient (Wildman–Crippen LogP) is 4.40. The lowest BCUT2D eigenvalue weighted by molar-refractivity contribution is -0.122. The Hall–Kier alpha value is -8.06. The molecule has 0 saturated carbocycles. The van der Waals surface area contributed by atoms with Crippen LogP contribution in [0, 0.1) is 6.92 Å². The second-order valence-corrected chi connectivity index (χ2v) is 28.3. The zero-order valence-corrected chi connectivity index (χ0v) is 53.5. The number of unbranched alkanes of at least 4 members (excludes halogenated alkanes) is 2. The highest BCUT2D eigenvalue weighted by Gasteiger charge is 2.43. The van der Waals surface area contributed by atoms with Crippen LogP contribution in [0.5, 0.6) is 0 Å². The van der Waals surface area contributed by atoms with Gasteiger partial charge in [-0.2, -0.15) is 23.5 Å². The second kappa shape index (κ2) is 28.6. The van der Waals surface area contributed by atoms with E-state index < -0.39 is 21.8 Å². The molecule has 26 nitrogen and oxygen atoms in total. The van der Waals surface area contributed by atoms with Crippen LogP contribution in [0.2, 0.25) is 0 Å². The molecule has 4 saturated heterocycles. The molecule has 30 heteroatoms. The van der Waals surface area contributed by atoms with Crippen molar-refractivity contribution in [3.63, 3.8) is 0 Å². The van der Waals surface area contributed by atoms with Crippen LogP contribution in [-0.2, 0) is 65.2 Å². The summed E-state index contributed by atoms with van der Waals surface area (Å²) in [5.74, 6) is 0.781. The van der Waals surface area contributed by atoms with Gasteiger partial charge in [0.1, 0.15) is 5.83 Å². The number of hydrogen-bond acceptors (Lipinski definition) is 15. The van der Waals surface area contributed by atoms with Crippen molar-refractivity contribution in [3.05, 3.63) is 118 Å². The minimum Gasteiger partial charge on any atom is -0.356 e. The van der Waals surface area contributed by atoms with Crippen LogP contribution in [0.15, 0.2) is 94.7 Å². The summed E-state index contributed by atoms with van der Waals surface area (Å²) >= 11 is 3.72. The van der Waals surface area contributed by atoms with Crippen molar-refractivity contribution in [2.75, 3.05) is 50.6 Å². The number of thioether (sulfide) groups is 2. The number of benzene rings is 3. The number of nitrogens with one attached hydrogen (secondary N) is 7. The standard InChI is InChI=1S/C61H77FN18O8S3/c1-37-55(38-9-8-10-44(29-38)91(87,88)75(2)3)45-30-39(15-17-48(45)80(37)32-40(62)19-22-63)58(83)66-41-16-18-49-50(31-41)79(28-26-77-34-43(72-74-77)21-24-65-54(82)14-7-5-12-52-57-47(36-90-52)68-60(85)70-57)61(86)78(49)27-25-76-33-42(71-73-76)20-23-64-53(81)13-6-4-11-51-56-46(35-89-51)67-59(84)69-56/h8-10,15-19,29-31,33-34,46-47,51-52,56-57H,4-7,11-14,20-28,32,35-36,63H2,1-3H3,(H,64,81)(H,65,82)(H,66,83)(H2,67,69,84)(H2,68,70,85)/b40-19-/t46-,47-,51-,52-,56-,57-/m0/s1. The number of anilines is 1. The monoisotopic (exact) mass is 1300 g/mol. The van der Waals surface area contributed by atoms with Crippen molar-refractivity contribution in [3.8, 4) is 11.1 Å². The number of carbonyl (C=O) groups is 5. The highest BCUT2D eigenvalue weighted by atomic mass is 32.2. The molecule has 9 N–H and O–H groups in total. The number of nitrogens with zero attached hydrogens (tertiary/aromatic N) is 10. The third-order valence-corrected chi connectivity index (χ3v) is 22.1. The number of halogens is 1. The third-order valence-electron chi connectivity index (χ3n) is 17.3. The molecule has 4 fully saturated rings. The van der Waals surface area contributed by atoms with E-state index in [0.717, 1.165) is 54.3 Å². The summed E-state index contributed by atoms with van der Waals surface area (Å²) < 4.78 is 51.3. The summed E-state index contributed by atoms with van der Waals surface area (Å²) in [7, 11) is -0.916. The normalized spacial score (nSPS) is 19.6. The maximum absolute atomic E-state index is 15.2. The summed E-state index contributed by atoms with van der Waals surface area (Å²) in [6.07, 6.45) is 11.7. The average Bonchev–Trinajstić information content (AvgIpc) is 1.65. The lowest BCUT2D eigenvalue weighted by Gasteiger charge is -2.16. The topological polar surface area (TPSA) is 326 Å². The second-order valence-electron chi connectivity index (χ2n) is 23.6. The Kier molecular flexibility index (Phi) is 20.3. The fraction of sp³-hybridized carbons (Fsp3) is 0.475. The largest absolute Gasteiger partial charge is 0.356 e. The molecule has 91 heavy (non-hydrogen) atoms. The Balaban J connectivity index is 0.759. The average molecular weight is 1310 g/mol. The van der Waals surface area contributed by atoms with Gasteiger partial charge in [-0.3, -0.25) is 32.9 Å². The summed E-state index contributed by atoms with van der Waals surface area (Å²) in [5, 5.41) is 39.6. The Bertz CT molecular complexity index is 4060. The van der Waals surface area contributed by atoms with E-state index in [4.69, 9.17) is 5.73 Å². The molecule has 4 aliphatic heterocycles. The summed E-state index contributed by atoms with van der Waals surface area (Å²) in [5.41, 5.74) is 10.9. The van der Waals surface area contributed by atoms with Gasteiger partial charge in [0.05, 0.1) is 71.1 Å². The Morgan fingerprint density at radius 1 is 0.725 bits per heavy atom. The van der Waals surface area contributed by atoms with Crippen LogP contribution in [0.4, 0.5) is 19.7 Å². The molecule has 6 atom stereocenters. The van der Waals surface area contributed by atoms with E-state index in [1.165, 1.54) is 26.2 Å². The van der Waals surface area contributed by atoms with Crippen LogP contribution in [-0.4, -0.2) is 166 Å². The fourth-order valence-electron chi connectivity index (χ4n) is 12.5. The number of carbonyl (C=O) groups excluding carboxylic acids is 5. The molecule has 4 aromatic heterocycles. The lowest BCUT2D eigenvalue weighted by Crippen LogP contribution is -2.36. The molecular formula is C61H77FN18O8S3. The number of nitrogens with two attached hydrogens (primary N) is 1. The van der Waals surface area contributed by atoms with E-state index in [0.29, 0.717) is 105 Å². The number of urea groups is 2. The van der Waals surface area contributed by atoms with Gasteiger partial charge in [0.15, 0.2) is 0 Å². The van der Waals surface area contributed by atoms with E-state index in [9.17, 15) is 37.2 Å². The number of aryl methyl sites for hydroxylation is 4. The van der Waals surface area contributed by atoms with Crippen LogP contribution in [0.1, 0.15) is 78.8 Å². The molecule has 0 radical (unpaired) electrons. The van der Waals surface area contributed by atoms with Gasteiger partial charge in [-0.25, -0.2) is 31.5 Å². The number of aromatic nitrogens is 9. The maximum atomic E-state index is 15.2. The molecule has 4 aliphatic rings. The molecule has 3 aromatic carbocycles. The highest BCUT2D eigenvalue weighted by Crippen LogP contribution is 2.38. The Morgan fingerprint density at radius 3 is 1.89 bits per heavy atom. The molecule has 484 valence electrons. The first-order valence-corrected chi connectivity index (χ1v) is 34.4. The van der Waals surface area contributed by atoms with Crippen molar-refractivity contribution in [2.45, 2.75) is 143 Å². The molecule has 8 heterocycles. The van der Waals surface area contributed by atoms with Gasteiger partial charge < -0.3 is 47.5 Å². The number of rotatable bonds is 30. The van der Waals surface area contributed by atoms with Crippen molar-refractivity contribution in [1.82, 2.24) is 79.9 Å². The van der Waals surface area contributed by atoms with Crippen LogP contribution >= 0.6 is 23.5 Å². The fourth-order valence-corrected chi connectivity index (χ4v) is 16.5. The van der Waals surface area contributed by atoms with Crippen LogP contribution in [0.25, 0.3) is 33.1 Å². The van der Waals surface area contributed by atoms with Crippen molar-refractivity contribution < 1.29 is 36.8 Å². The third kappa shape index (κ3) is 15.0. The Labute approximate surface area is 533 Å². The Morgan fingerprint density at radius 2 is 1.31 bits per heavy atom. The summed E-state index contributed by atoms with van der Waals surface area (Å²) in [4.78, 5) is 78.1. The number of fused-ring (bicyclic) bond motifs is 4. The first-order valence-electron chi connectivity index (χ1n) is 30.8. The van der Waals surface area contributed by atoms with Gasteiger partial charge in [-0.15, -0.1) is 10.2 Å². The van der Waals surface area contributed by atoms with Crippen LogP contribution in [0.3, 0.4) is 0 Å². The summed E-state index contributed by atoms with van der Waals surface area (Å²) in [6.45, 7) is 3.37. The number of allylic oxidation sites excluding steroid dienone is 1. The summed E-state index contributed by atoms with van der Waals surface area (Å²) in [6, 6.07) is 17.2. The zero-order valence-electron chi connectivity index (χ0n) is 51.0. The molecule has 0 aliphatic carbocycles. The lowest BCUT2D eigenvalue weighted by atomic mass is 10.0. The van der Waals surface area contributed by atoms with Crippen molar-refractivity contribution >= 4 is 91.0 Å². The molecule has 7 amide bonds. The predicted molar refractivity (Wildman–Crippen MR) is 347 cm³/mol. The quantitative estimate of drug-likeness (QED) is 0.0229. The van der Waals surface area contributed by atoms with E-state index >= 15 is 4.39 Å². The molecular weight excluding hydrogens is 1230 g/mol. The minimum atomic E-state index is -3.82. The number of imidazole rings is 1. The SMILES string of the molecule is Cc1c(-c2cccc(S(=O)(=O)N(C)C)c2)c2cc(C(=O)Nc3ccc4c(c3)n(CCn3cc(CCNC(=O)CCCC[C@@H]5SC[C@@H]6NC(=O)N[C@@H]65)nn3)c(=O)n4CCn3cc(CCNC(=O)CCCC[C@@H]4SC[C@@H]5NC(=O)N[C@@H]54)nn3)ccc2n1C/C(F)=C/CN. The van der Waals surface area contributed by atoms with E-state index in [2.05, 4.69) is 57.8 Å². The van der Waals surface area contributed by atoms with E-state index in [1.54, 1.807) is 90.1 Å². The number of hydrogen-bond donors (Lipinski definition) is 8. The van der Waals surface area contributed by atoms with Crippen molar-refractivity contribution in [1.29, 1.82) is 0 Å². The van der Waals surface area contributed by atoms with E-state index in [1.807, 2.05) is 30.4 Å². The minimum absolute atomic E-state index is 0.00230. The first kappa shape index (κ1) is 64.5. The van der Waals surface area contributed by atoms with Gasteiger partial charge in [0.2, 0.25) is 21.8 Å². The van der Waals surface area contributed by atoms with Gasteiger partial charge in [0.25, 0.3) is 5.91 Å². The van der Waals surface area contributed by atoms with Gasteiger partial charge in [-0.1, -0.05) is 35.4 Å².